The van der Waals surface area contributed by atoms with Crippen molar-refractivity contribution in [3.8, 4) is 0 Å². The molecule has 0 unspecified atom stereocenters. The molecular formula is C8H7F2N2. The van der Waals surface area contributed by atoms with Crippen LogP contribution < -0.4 is 0 Å². The SMILES string of the molecule is Fc1n[c]nc(C2CCC2)c1F. The van der Waals surface area contributed by atoms with Gasteiger partial charge in [0.2, 0.25) is 6.33 Å². The maximum absolute atomic E-state index is 13.0. The van der Waals surface area contributed by atoms with Gasteiger partial charge in [0.15, 0.2) is 5.82 Å². The quantitative estimate of drug-likeness (QED) is 0.599. The maximum Gasteiger partial charge on any atom is 0.253 e. The number of nitrogens with zero attached hydrogens (tertiary/aromatic N) is 2. The lowest BCUT2D eigenvalue weighted by molar-refractivity contribution is 0.374. The Balaban J connectivity index is 2.36. The number of aromatic nitrogens is 2. The lowest BCUT2D eigenvalue weighted by atomic mass is 9.82. The van der Waals surface area contributed by atoms with Crippen molar-refractivity contribution in [3.05, 3.63) is 23.8 Å². The Kier molecular flexibility index (Phi) is 1.75. The highest BCUT2D eigenvalue weighted by Crippen LogP contribution is 2.36. The molecule has 1 heterocycles. The van der Waals surface area contributed by atoms with E-state index in [0.717, 1.165) is 19.3 Å². The second-order valence-electron chi connectivity index (χ2n) is 2.94. The molecule has 0 amide bonds. The van der Waals surface area contributed by atoms with Crippen LogP contribution >= 0.6 is 0 Å². The topological polar surface area (TPSA) is 25.8 Å². The van der Waals surface area contributed by atoms with Gasteiger partial charge in [-0.25, -0.2) is 4.98 Å². The highest BCUT2D eigenvalue weighted by Gasteiger charge is 2.25. The number of hydrogen-bond acceptors (Lipinski definition) is 2. The van der Waals surface area contributed by atoms with Crippen molar-refractivity contribution in [2.45, 2.75) is 25.2 Å². The van der Waals surface area contributed by atoms with Crippen molar-refractivity contribution in [3.63, 3.8) is 0 Å². The van der Waals surface area contributed by atoms with Crippen LogP contribution in [0.1, 0.15) is 30.9 Å². The van der Waals surface area contributed by atoms with Gasteiger partial charge in [-0.05, 0) is 12.8 Å². The van der Waals surface area contributed by atoms with Gasteiger partial charge in [0.25, 0.3) is 5.95 Å². The van der Waals surface area contributed by atoms with Crippen molar-refractivity contribution < 1.29 is 8.78 Å². The van der Waals surface area contributed by atoms with E-state index in [1.54, 1.807) is 0 Å². The molecule has 2 nitrogen and oxygen atoms in total. The van der Waals surface area contributed by atoms with E-state index >= 15 is 0 Å². The number of hydrogen-bond donors (Lipinski definition) is 0. The van der Waals surface area contributed by atoms with Crippen LogP contribution in [0.5, 0.6) is 0 Å². The van der Waals surface area contributed by atoms with Gasteiger partial charge in [-0.1, -0.05) is 6.42 Å². The van der Waals surface area contributed by atoms with Crippen LogP contribution in [-0.4, -0.2) is 9.97 Å². The highest BCUT2D eigenvalue weighted by atomic mass is 19.2. The van der Waals surface area contributed by atoms with Crippen LogP contribution in [0, 0.1) is 18.1 Å². The molecule has 1 aromatic rings. The summed E-state index contributed by atoms with van der Waals surface area (Å²) in [5.41, 5.74) is 0.189. The van der Waals surface area contributed by atoms with E-state index in [9.17, 15) is 8.78 Å². The predicted octanol–water partition coefficient (Wildman–Crippen LogP) is 1.82. The second kappa shape index (κ2) is 2.77. The van der Waals surface area contributed by atoms with Gasteiger partial charge in [-0.15, -0.1) is 0 Å². The summed E-state index contributed by atoms with van der Waals surface area (Å²) < 4.78 is 25.5. The Morgan fingerprint density at radius 3 is 2.58 bits per heavy atom. The summed E-state index contributed by atoms with van der Waals surface area (Å²) in [4.78, 5) is 6.61. The van der Waals surface area contributed by atoms with Gasteiger partial charge in [-0.3, -0.25) is 0 Å². The molecule has 4 heteroatoms. The third kappa shape index (κ3) is 1.07. The molecule has 0 aliphatic heterocycles. The van der Waals surface area contributed by atoms with Crippen LogP contribution in [0.2, 0.25) is 0 Å². The normalized spacial score (nSPS) is 17.5. The Bertz CT molecular complexity index is 297. The fraction of sp³-hybridized carbons (Fsp3) is 0.500. The smallest absolute Gasteiger partial charge is 0.227 e. The van der Waals surface area contributed by atoms with Crippen molar-refractivity contribution >= 4 is 0 Å². The lowest BCUT2D eigenvalue weighted by Crippen LogP contribution is -2.14. The molecule has 1 aliphatic carbocycles. The Hall–Kier alpha value is -1.06. The van der Waals surface area contributed by atoms with Gasteiger partial charge in [-0.2, -0.15) is 13.8 Å². The summed E-state index contributed by atoms with van der Waals surface area (Å²) in [5, 5.41) is 0. The summed E-state index contributed by atoms with van der Waals surface area (Å²) in [6.07, 6.45) is 4.95. The molecule has 1 saturated carbocycles. The zero-order valence-electron chi connectivity index (χ0n) is 6.35. The monoisotopic (exact) mass is 169 g/mol. The molecule has 0 bridgehead atoms. The number of halogens is 2. The fourth-order valence-electron chi connectivity index (χ4n) is 1.28. The molecule has 0 saturated heterocycles. The molecular weight excluding hydrogens is 162 g/mol. The second-order valence-corrected chi connectivity index (χ2v) is 2.94. The molecule has 63 valence electrons. The summed E-state index contributed by atoms with van der Waals surface area (Å²) in [5.74, 6) is -1.91. The first-order valence-corrected chi connectivity index (χ1v) is 3.88. The molecule has 0 atom stereocenters. The molecule has 1 aliphatic rings. The zero-order chi connectivity index (χ0) is 8.55. The van der Waals surface area contributed by atoms with Crippen molar-refractivity contribution in [2.75, 3.05) is 0 Å². The Labute approximate surface area is 68.7 Å². The van der Waals surface area contributed by atoms with Crippen molar-refractivity contribution in [2.24, 2.45) is 0 Å². The minimum atomic E-state index is -1.09. The van der Waals surface area contributed by atoms with E-state index < -0.39 is 11.8 Å². The molecule has 1 aromatic heterocycles. The van der Waals surface area contributed by atoms with E-state index in [1.807, 2.05) is 0 Å². The first kappa shape index (κ1) is 7.58. The van der Waals surface area contributed by atoms with Gasteiger partial charge >= 0.3 is 0 Å². The van der Waals surface area contributed by atoms with Crippen LogP contribution in [0.25, 0.3) is 0 Å². The van der Waals surface area contributed by atoms with E-state index in [0.29, 0.717) is 0 Å². The maximum atomic E-state index is 13.0. The summed E-state index contributed by atoms with van der Waals surface area (Å²) in [7, 11) is 0. The minimum Gasteiger partial charge on any atom is -0.227 e. The van der Waals surface area contributed by atoms with Crippen molar-refractivity contribution in [1.29, 1.82) is 0 Å². The Morgan fingerprint density at radius 1 is 1.25 bits per heavy atom. The molecule has 0 N–H and O–H groups in total. The summed E-state index contributed by atoms with van der Waals surface area (Å²) in [6.45, 7) is 0. The van der Waals surface area contributed by atoms with Crippen LogP contribution in [0.4, 0.5) is 8.78 Å². The molecule has 1 fully saturated rings. The van der Waals surface area contributed by atoms with E-state index in [2.05, 4.69) is 16.3 Å². The van der Waals surface area contributed by atoms with E-state index in [-0.39, 0.29) is 11.6 Å². The van der Waals surface area contributed by atoms with Gasteiger partial charge in [0.05, 0.1) is 5.69 Å². The predicted molar refractivity (Wildman–Crippen MR) is 37.4 cm³/mol. The first-order valence-electron chi connectivity index (χ1n) is 3.88. The van der Waals surface area contributed by atoms with E-state index in [1.165, 1.54) is 0 Å². The highest BCUT2D eigenvalue weighted by molar-refractivity contribution is 5.12. The van der Waals surface area contributed by atoms with Crippen LogP contribution in [0.3, 0.4) is 0 Å². The standard InChI is InChI=1S/C8H7F2N2/c9-6-7(5-2-1-3-5)11-4-12-8(6)10/h5H,1-3H2. The van der Waals surface area contributed by atoms with Crippen LogP contribution in [-0.2, 0) is 0 Å². The van der Waals surface area contributed by atoms with Crippen LogP contribution in [0.15, 0.2) is 0 Å². The molecule has 0 aromatic carbocycles. The van der Waals surface area contributed by atoms with Gasteiger partial charge < -0.3 is 0 Å². The molecule has 0 spiro atoms. The summed E-state index contributed by atoms with van der Waals surface area (Å²) >= 11 is 0. The molecule has 12 heavy (non-hydrogen) atoms. The first-order chi connectivity index (χ1) is 5.79. The van der Waals surface area contributed by atoms with Gasteiger partial charge in [0.1, 0.15) is 0 Å². The number of rotatable bonds is 1. The molecule has 1 radical (unpaired) electrons. The van der Waals surface area contributed by atoms with E-state index in [4.69, 9.17) is 0 Å². The summed E-state index contributed by atoms with van der Waals surface area (Å²) in [6, 6.07) is 0. The zero-order valence-corrected chi connectivity index (χ0v) is 6.35. The molecule has 2 rings (SSSR count). The minimum absolute atomic E-state index is 0.0822. The average Bonchev–Trinajstić information content (AvgIpc) is 1.95. The van der Waals surface area contributed by atoms with Gasteiger partial charge in [0, 0.05) is 5.92 Å². The third-order valence-corrected chi connectivity index (χ3v) is 2.22. The lowest BCUT2D eigenvalue weighted by Gasteiger charge is -2.24. The average molecular weight is 169 g/mol. The van der Waals surface area contributed by atoms with Crippen molar-refractivity contribution in [1.82, 2.24) is 9.97 Å². The third-order valence-electron chi connectivity index (χ3n) is 2.22. The fourth-order valence-corrected chi connectivity index (χ4v) is 1.28. The Morgan fingerprint density at radius 2 is 2.00 bits per heavy atom. The largest absolute Gasteiger partial charge is 0.253 e.